The second kappa shape index (κ2) is 9.87. The predicted octanol–water partition coefficient (Wildman–Crippen LogP) is 2.66. The first-order valence-corrected chi connectivity index (χ1v) is 10.5. The standard InChI is InChI=1S/C24H32N4O2/c1-17-12-18(2)24(19(3)13-17)26-22(29)14-25-23(30)16-28-11-10-27(4)15-21(28)20-8-6-5-7-9-20/h5-9,12-13,21H,10-11,14-16H2,1-4H3,(H,25,30)(H,26,29). The molecule has 0 saturated carbocycles. The molecule has 0 radical (unpaired) electrons. The predicted molar refractivity (Wildman–Crippen MR) is 121 cm³/mol. The van der Waals surface area contributed by atoms with Crippen molar-refractivity contribution in [2.45, 2.75) is 26.8 Å². The molecule has 1 atom stereocenters. The maximum absolute atomic E-state index is 12.6. The summed E-state index contributed by atoms with van der Waals surface area (Å²) in [6, 6.07) is 14.5. The van der Waals surface area contributed by atoms with E-state index in [-0.39, 0.29) is 30.9 Å². The normalized spacial score (nSPS) is 17.5. The largest absolute Gasteiger partial charge is 0.346 e. The quantitative estimate of drug-likeness (QED) is 0.771. The molecule has 2 aromatic carbocycles. The van der Waals surface area contributed by atoms with Crippen molar-refractivity contribution in [1.29, 1.82) is 0 Å². The summed E-state index contributed by atoms with van der Waals surface area (Å²) in [5.74, 6) is -0.343. The van der Waals surface area contributed by atoms with Crippen molar-refractivity contribution in [3.63, 3.8) is 0 Å². The van der Waals surface area contributed by atoms with E-state index in [9.17, 15) is 9.59 Å². The molecule has 2 amide bonds. The van der Waals surface area contributed by atoms with E-state index in [1.807, 2.05) is 51.1 Å². The number of rotatable bonds is 6. The fourth-order valence-corrected chi connectivity index (χ4v) is 4.12. The van der Waals surface area contributed by atoms with Crippen LogP contribution in [0.2, 0.25) is 0 Å². The van der Waals surface area contributed by atoms with E-state index in [0.717, 1.165) is 42.0 Å². The maximum atomic E-state index is 12.6. The summed E-state index contributed by atoms with van der Waals surface area (Å²) in [5, 5.41) is 5.71. The average molecular weight is 409 g/mol. The molecule has 30 heavy (non-hydrogen) atoms. The highest BCUT2D eigenvalue weighted by Gasteiger charge is 2.28. The monoisotopic (exact) mass is 408 g/mol. The third-order valence-corrected chi connectivity index (χ3v) is 5.61. The van der Waals surface area contributed by atoms with Crippen molar-refractivity contribution in [3.8, 4) is 0 Å². The van der Waals surface area contributed by atoms with Crippen LogP contribution in [0.15, 0.2) is 42.5 Å². The molecule has 1 unspecified atom stereocenters. The van der Waals surface area contributed by atoms with E-state index in [1.165, 1.54) is 5.56 Å². The number of aryl methyl sites for hydroxylation is 3. The molecule has 2 aromatic rings. The Bertz CT molecular complexity index is 874. The summed E-state index contributed by atoms with van der Waals surface area (Å²) in [6.45, 7) is 8.85. The van der Waals surface area contributed by atoms with Crippen molar-refractivity contribution in [1.82, 2.24) is 15.1 Å². The van der Waals surface area contributed by atoms with Gasteiger partial charge in [-0.05, 0) is 44.5 Å². The number of likely N-dealkylation sites (N-methyl/N-ethyl adjacent to an activating group) is 1. The highest BCUT2D eigenvalue weighted by molar-refractivity contribution is 5.96. The molecule has 2 N–H and O–H groups in total. The van der Waals surface area contributed by atoms with Crippen molar-refractivity contribution in [3.05, 3.63) is 64.7 Å². The number of carbonyl (C=O) groups excluding carboxylic acids is 2. The van der Waals surface area contributed by atoms with Crippen LogP contribution in [0.5, 0.6) is 0 Å². The molecule has 0 spiro atoms. The number of piperazine rings is 1. The van der Waals surface area contributed by atoms with Crippen LogP contribution >= 0.6 is 0 Å². The summed E-state index contributed by atoms with van der Waals surface area (Å²) in [4.78, 5) is 29.4. The molecule has 0 bridgehead atoms. The van der Waals surface area contributed by atoms with Crippen molar-refractivity contribution >= 4 is 17.5 Å². The lowest BCUT2D eigenvalue weighted by atomic mass is 10.0. The zero-order chi connectivity index (χ0) is 21.7. The topological polar surface area (TPSA) is 64.7 Å². The Kier molecular flexibility index (Phi) is 7.24. The molecule has 1 fully saturated rings. The highest BCUT2D eigenvalue weighted by Crippen LogP contribution is 2.24. The smallest absolute Gasteiger partial charge is 0.243 e. The van der Waals surface area contributed by atoms with Gasteiger partial charge in [0.15, 0.2) is 0 Å². The number of nitrogens with one attached hydrogen (secondary N) is 2. The van der Waals surface area contributed by atoms with E-state index in [4.69, 9.17) is 0 Å². The van der Waals surface area contributed by atoms with Gasteiger partial charge in [-0.1, -0.05) is 48.0 Å². The molecule has 0 aromatic heterocycles. The van der Waals surface area contributed by atoms with Crippen LogP contribution in [0, 0.1) is 20.8 Å². The minimum absolute atomic E-state index is 0.0324. The fourth-order valence-electron chi connectivity index (χ4n) is 4.12. The molecule has 0 aliphatic carbocycles. The van der Waals surface area contributed by atoms with Crippen LogP contribution in [0.3, 0.4) is 0 Å². The van der Waals surface area contributed by atoms with E-state index < -0.39 is 0 Å². The molecule has 1 aliphatic heterocycles. The number of anilines is 1. The maximum Gasteiger partial charge on any atom is 0.243 e. The second-order valence-corrected chi connectivity index (χ2v) is 8.26. The number of hydrogen-bond donors (Lipinski definition) is 2. The number of nitrogens with zero attached hydrogens (tertiary/aromatic N) is 2. The molecule has 3 rings (SSSR count). The van der Waals surface area contributed by atoms with E-state index >= 15 is 0 Å². The van der Waals surface area contributed by atoms with Gasteiger partial charge in [0.05, 0.1) is 13.1 Å². The first-order chi connectivity index (χ1) is 14.3. The Labute approximate surface area is 179 Å². The van der Waals surface area contributed by atoms with Gasteiger partial charge in [-0.15, -0.1) is 0 Å². The first kappa shape index (κ1) is 22.0. The highest BCUT2D eigenvalue weighted by atomic mass is 16.2. The zero-order valence-electron chi connectivity index (χ0n) is 18.4. The molecule has 160 valence electrons. The second-order valence-electron chi connectivity index (χ2n) is 8.26. The fraction of sp³-hybridized carbons (Fsp3) is 0.417. The van der Waals surface area contributed by atoms with Crippen molar-refractivity contribution in [2.24, 2.45) is 0 Å². The Balaban J connectivity index is 1.55. The van der Waals surface area contributed by atoms with Crippen LogP contribution in [0.25, 0.3) is 0 Å². The first-order valence-electron chi connectivity index (χ1n) is 10.5. The van der Waals surface area contributed by atoms with Gasteiger partial charge in [-0.3, -0.25) is 14.5 Å². The van der Waals surface area contributed by atoms with Gasteiger partial charge in [0, 0.05) is 31.4 Å². The average Bonchev–Trinajstić information content (AvgIpc) is 2.71. The minimum Gasteiger partial charge on any atom is -0.346 e. The molecular weight excluding hydrogens is 376 g/mol. The van der Waals surface area contributed by atoms with Crippen molar-refractivity contribution in [2.75, 3.05) is 45.1 Å². The number of benzene rings is 2. The third kappa shape index (κ3) is 5.68. The summed E-state index contributed by atoms with van der Waals surface area (Å²) < 4.78 is 0. The van der Waals surface area contributed by atoms with Crippen LogP contribution in [-0.4, -0.2) is 61.4 Å². The molecule has 1 heterocycles. The van der Waals surface area contributed by atoms with Crippen LogP contribution in [0.1, 0.15) is 28.3 Å². The van der Waals surface area contributed by atoms with Gasteiger partial charge in [-0.25, -0.2) is 0 Å². The third-order valence-electron chi connectivity index (χ3n) is 5.61. The van der Waals surface area contributed by atoms with Crippen LogP contribution < -0.4 is 10.6 Å². The van der Waals surface area contributed by atoms with Gasteiger partial charge in [0.1, 0.15) is 0 Å². The summed E-state index contributed by atoms with van der Waals surface area (Å²) in [6.07, 6.45) is 0. The van der Waals surface area contributed by atoms with Crippen LogP contribution in [-0.2, 0) is 9.59 Å². The Morgan fingerprint density at radius 2 is 1.67 bits per heavy atom. The lowest BCUT2D eigenvalue weighted by molar-refractivity contribution is -0.126. The summed E-state index contributed by atoms with van der Waals surface area (Å²) in [5.41, 5.74) is 5.24. The van der Waals surface area contributed by atoms with Gasteiger partial charge in [0.25, 0.3) is 0 Å². The summed E-state index contributed by atoms with van der Waals surface area (Å²) >= 11 is 0. The number of amides is 2. The van der Waals surface area contributed by atoms with E-state index in [0.29, 0.717) is 0 Å². The summed E-state index contributed by atoms with van der Waals surface area (Å²) in [7, 11) is 2.10. The number of carbonyl (C=O) groups is 2. The molecule has 1 aliphatic rings. The zero-order valence-corrected chi connectivity index (χ0v) is 18.4. The molecule has 6 heteroatoms. The lowest BCUT2D eigenvalue weighted by Crippen LogP contribution is -2.50. The van der Waals surface area contributed by atoms with Gasteiger partial charge >= 0.3 is 0 Å². The Hall–Kier alpha value is -2.70. The molecular formula is C24H32N4O2. The number of hydrogen-bond acceptors (Lipinski definition) is 4. The molecule has 1 saturated heterocycles. The molecule has 6 nitrogen and oxygen atoms in total. The van der Waals surface area contributed by atoms with Crippen LogP contribution in [0.4, 0.5) is 5.69 Å². The van der Waals surface area contributed by atoms with Crippen molar-refractivity contribution < 1.29 is 9.59 Å². The van der Waals surface area contributed by atoms with Gasteiger partial charge in [0.2, 0.25) is 11.8 Å². The van der Waals surface area contributed by atoms with Gasteiger partial charge in [-0.2, -0.15) is 0 Å². The van der Waals surface area contributed by atoms with Gasteiger partial charge < -0.3 is 15.5 Å². The lowest BCUT2D eigenvalue weighted by Gasteiger charge is -2.39. The minimum atomic E-state index is -0.212. The van der Waals surface area contributed by atoms with E-state index in [1.54, 1.807) is 0 Å². The van der Waals surface area contributed by atoms with E-state index in [2.05, 4.69) is 39.6 Å². The SMILES string of the molecule is Cc1cc(C)c(NC(=O)CNC(=O)CN2CCN(C)CC2c2ccccc2)c(C)c1. The Morgan fingerprint density at radius 3 is 2.33 bits per heavy atom. The Morgan fingerprint density at radius 1 is 1.00 bits per heavy atom.